The number of rotatable bonds is 4. The summed E-state index contributed by atoms with van der Waals surface area (Å²) in [5, 5.41) is 2.96. The number of hydrogen-bond donors (Lipinski definition) is 1. The van der Waals surface area contributed by atoms with Crippen molar-refractivity contribution in [1.29, 1.82) is 0 Å². The van der Waals surface area contributed by atoms with Crippen LogP contribution in [0.25, 0.3) is 0 Å². The van der Waals surface area contributed by atoms with Crippen LogP contribution in [0.15, 0.2) is 35.3 Å². The lowest BCUT2D eigenvalue weighted by Gasteiger charge is -2.20. The fourth-order valence-electron chi connectivity index (χ4n) is 1.86. The number of ketones is 1. The summed E-state index contributed by atoms with van der Waals surface area (Å²) in [6, 6.07) is 8.96. The monoisotopic (exact) mass is 259 g/mol. The maximum atomic E-state index is 12.0. The van der Waals surface area contributed by atoms with Crippen molar-refractivity contribution in [2.24, 2.45) is 4.99 Å². The molecule has 5 heteroatoms. The fourth-order valence-corrected chi connectivity index (χ4v) is 1.86. The van der Waals surface area contributed by atoms with Crippen molar-refractivity contribution < 1.29 is 9.59 Å². The molecule has 0 atom stereocenters. The van der Waals surface area contributed by atoms with Crippen LogP contribution in [-0.4, -0.2) is 49.1 Å². The lowest BCUT2D eigenvalue weighted by atomic mass is 10.1. The van der Waals surface area contributed by atoms with Gasteiger partial charge < -0.3 is 10.2 Å². The van der Waals surface area contributed by atoms with Crippen molar-refractivity contribution in [2.45, 2.75) is 6.42 Å². The van der Waals surface area contributed by atoms with E-state index >= 15 is 0 Å². The highest BCUT2D eigenvalue weighted by Crippen LogP contribution is 2.02. The summed E-state index contributed by atoms with van der Waals surface area (Å²) in [4.78, 5) is 29.6. The number of likely N-dealkylation sites (N-methyl/N-ethyl adjacent to an activating group) is 1. The number of Topliss-reactive ketones (excluding diaryl/α,β-unsaturated/α-hetero) is 1. The molecule has 1 heterocycles. The summed E-state index contributed by atoms with van der Waals surface area (Å²) in [5.41, 5.74) is 0.612. The molecule has 0 aromatic heterocycles. The maximum absolute atomic E-state index is 12.0. The Morgan fingerprint density at radius 1 is 1.32 bits per heavy atom. The van der Waals surface area contributed by atoms with Crippen molar-refractivity contribution >= 4 is 17.5 Å². The van der Waals surface area contributed by atoms with E-state index in [1.54, 1.807) is 19.2 Å². The Hall–Kier alpha value is -2.17. The molecule has 5 nitrogen and oxygen atoms in total. The van der Waals surface area contributed by atoms with Crippen LogP contribution in [0, 0.1) is 0 Å². The van der Waals surface area contributed by atoms with Gasteiger partial charge in [0.25, 0.3) is 5.91 Å². The van der Waals surface area contributed by atoms with Crippen LogP contribution < -0.4 is 5.32 Å². The van der Waals surface area contributed by atoms with E-state index in [0.29, 0.717) is 17.9 Å². The van der Waals surface area contributed by atoms with Crippen LogP contribution in [-0.2, 0) is 4.79 Å². The number of nitrogens with one attached hydrogen (secondary N) is 1. The smallest absolute Gasteiger partial charge is 0.289 e. The molecule has 0 bridgehead atoms. The normalized spacial score (nSPS) is 14.3. The summed E-state index contributed by atoms with van der Waals surface area (Å²) >= 11 is 0. The van der Waals surface area contributed by atoms with E-state index < -0.39 is 0 Å². The second kappa shape index (κ2) is 6.13. The second-order valence-electron chi connectivity index (χ2n) is 4.46. The Labute approximate surface area is 112 Å². The highest BCUT2D eigenvalue weighted by Gasteiger charge is 2.20. The van der Waals surface area contributed by atoms with Crippen molar-refractivity contribution in [3.63, 3.8) is 0 Å². The van der Waals surface area contributed by atoms with Gasteiger partial charge in [0.2, 0.25) is 0 Å². The first kappa shape index (κ1) is 13.3. The Kier molecular flexibility index (Phi) is 4.28. The Morgan fingerprint density at radius 3 is 2.68 bits per heavy atom. The zero-order valence-corrected chi connectivity index (χ0v) is 10.9. The number of aliphatic imine (C=N–C) groups is 1. The topological polar surface area (TPSA) is 61.8 Å². The highest BCUT2D eigenvalue weighted by molar-refractivity contribution is 6.38. The first-order valence-corrected chi connectivity index (χ1v) is 6.30. The van der Waals surface area contributed by atoms with Crippen LogP contribution in [0.5, 0.6) is 0 Å². The molecule has 1 aliphatic rings. The van der Waals surface area contributed by atoms with Crippen molar-refractivity contribution in [3.8, 4) is 0 Å². The summed E-state index contributed by atoms with van der Waals surface area (Å²) in [6.45, 7) is 1.48. The third-order valence-electron chi connectivity index (χ3n) is 2.92. The summed E-state index contributed by atoms with van der Waals surface area (Å²) in [6.07, 6.45) is 0.934. The zero-order valence-electron chi connectivity index (χ0n) is 10.9. The first-order valence-electron chi connectivity index (χ1n) is 6.30. The SMILES string of the molecule is CN(CC(=O)c1ccccc1)C(=O)C1=NCCCN1. The van der Waals surface area contributed by atoms with E-state index in [4.69, 9.17) is 0 Å². The van der Waals surface area contributed by atoms with E-state index in [1.807, 2.05) is 18.2 Å². The van der Waals surface area contributed by atoms with E-state index in [9.17, 15) is 9.59 Å². The first-order chi connectivity index (χ1) is 9.18. The number of carbonyl (C=O) groups excluding carboxylic acids is 2. The number of benzene rings is 1. The van der Waals surface area contributed by atoms with E-state index in [1.165, 1.54) is 4.90 Å². The number of hydrogen-bond acceptors (Lipinski definition) is 4. The van der Waals surface area contributed by atoms with Crippen LogP contribution >= 0.6 is 0 Å². The van der Waals surface area contributed by atoms with Gasteiger partial charge in [-0.15, -0.1) is 0 Å². The minimum atomic E-state index is -0.232. The van der Waals surface area contributed by atoms with Crippen LogP contribution in [0.2, 0.25) is 0 Å². The highest BCUT2D eigenvalue weighted by atomic mass is 16.2. The largest absolute Gasteiger partial charge is 0.366 e. The van der Waals surface area contributed by atoms with Crippen molar-refractivity contribution in [2.75, 3.05) is 26.7 Å². The number of carbonyl (C=O) groups is 2. The maximum Gasteiger partial charge on any atom is 0.289 e. The van der Waals surface area contributed by atoms with Crippen LogP contribution in [0.4, 0.5) is 0 Å². The standard InChI is InChI=1S/C14H17N3O2/c1-17(14(19)13-15-8-5-9-16-13)10-12(18)11-6-3-2-4-7-11/h2-4,6-7H,5,8-10H2,1H3,(H,15,16). The predicted molar refractivity (Wildman–Crippen MR) is 73.3 cm³/mol. The van der Waals surface area contributed by atoms with Crippen molar-refractivity contribution in [1.82, 2.24) is 10.2 Å². The van der Waals surface area contributed by atoms with Crippen LogP contribution in [0.1, 0.15) is 16.8 Å². The van der Waals surface area contributed by atoms with Gasteiger partial charge in [0.15, 0.2) is 11.6 Å². The number of amidine groups is 1. The molecule has 1 aromatic carbocycles. The fraction of sp³-hybridized carbons (Fsp3) is 0.357. The molecule has 1 amide bonds. The van der Waals surface area contributed by atoms with Gasteiger partial charge in [-0.25, -0.2) is 0 Å². The van der Waals surface area contributed by atoms with Gasteiger partial charge in [0.05, 0.1) is 6.54 Å². The molecular weight excluding hydrogens is 242 g/mol. The second-order valence-corrected chi connectivity index (χ2v) is 4.46. The molecule has 0 radical (unpaired) electrons. The van der Waals surface area contributed by atoms with E-state index in [2.05, 4.69) is 10.3 Å². The van der Waals surface area contributed by atoms with Gasteiger partial charge in [0, 0.05) is 25.7 Å². The molecule has 0 fully saturated rings. The number of amides is 1. The average Bonchev–Trinajstić information content (AvgIpc) is 2.48. The van der Waals surface area contributed by atoms with Gasteiger partial charge >= 0.3 is 0 Å². The molecule has 1 aromatic rings. The Bertz CT molecular complexity index is 497. The lowest BCUT2D eigenvalue weighted by molar-refractivity contribution is -0.122. The van der Waals surface area contributed by atoms with E-state index in [0.717, 1.165) is 13.0 Å². The molecule has 2 rings (SSSR count). The van der Waals surface area contributed by atoms with Gasteiger partial charge in [-0.1, -0.05) is 30.3 Å². The molecule has 0 saturated heterocycles. The minimum absolute atomic E-state index is 0.0591. The molecule has 1 N–H and O–H groups in total. The molecule has 100 valence electrons. The molecule has 0 saturated carbocycles. The van der Waals surface area contributed by atoms with E-state index in [-0.39, 0.29) is 18.2 Å². The van der Waals surface area contributed by atoms with Gasteiger partial charge in [-0.3, -0.25) is 14.6 Å². The number of nitrogens with zero attached hydrogens (tertiary/aromatic N) is 2. The van der Waals surface area contributed by atoms with Crippen molar-refractivity contribution in [3.05, 3.63) is 35.9 Å². The summed E-state index contributed by atoms with van der Waals surface area (Å²) in [7, 11) is 1.61. The molecule has 1 aliphatic heterocycles. The van der Waals surface area contributed by atoms with Gasteiger partial charge in [-0.2, -0.15) is 0 Å². The third-order valence-corrected chi connectivity index (χ3v) is 2.92. The van der Waals surface area contributed by atoms with Crippen LogP contribution in [0.3, 0.4) is 0 Å². The summed E-state index contributed by atoms with van der Waals surface area (Å²) < 4.78 is 0. The molecule has 19 heavy (non-hydrogen) atoms. The minimum Gasteiger partial charge on any atom is -0.366 e. The average molecular weight is 259 g/mol. The third kappa shape index (κ3) is 3.40. The zero-order chi connectivity index (χ0) is 13.7. The van der Waals surface area contributed by atoms with Gasteiger partial charge in [-0.05, 0) is 6.42 Å². The quantitative estimate of drug-likeness (QED) is 0.810. The van der Waals surface area contributed by atoms with Gasteiger partial charge in [0.1, 0.15) is 0 Å². The lowest BCUT2D eigenvalue weighted by Crippen LogP contribution is -2.45. The molecule has 0 aliphatic carbocycles. The Morgan fingerprint density at radius 2 is 2.05 bits per heavy atom. The molecular formula is C14H17N3O2. The Balaban J connectivity index is 1.97. The predicted octanol–water partition coefficient (Wildman–Crippen LogP) is 0.720. The molecule has 0 unspecified atom stereocenters. The summed E-state index contributed by atoms with van der Waals surface area (Å²) in [5.74, 6) is 0.0476. The molecule has 0 spiro atoms.